The van der Waals surface area contributed by atoms with E-state index in [2.05, 4.69) is 12.1 Å². The van der Waals surface area contributed by atoms with Gasteiger partial charge in [-0.1, -0.05) is 48.5 Å². The topological polar surface area (TPSA) is 27.7 Å². The molecule has 2 aromatic rings. The van der Waals surface area contributed by atoms with Gasteiger partial charge in [0.15, 0.2) is 6.29 Å². The van der Waals surface area contributed by atoms with Crippen LogP contribution in [0.5, 0.6) is 5.75 Å². The van der Waals surface area contributed by atoms with Crippen LogP contribution in [0.4, 0.5) is 0 Å². The van der Waals surface area contributed by atoms with Crippen molar-refractivity contribution in [2.24, 2.45) is 0 Å². The number of para-hydroxylation sites is 1. The molecular weight excluding hydrogens is 240 g/mol. The van der Waals surface area contributed by atoms with Crippen LogP contribution in [0.1, 0.15) is 11.9 Å². The van der Waals surface area contributed by atoms with E-state index in [1.807, 2.05) is 36.4 Å². The zero-order chi connectivity index (χ0) is 13.1. The number of ether oxygens (including phenoxy) is 3. The minimum atomic E-state index is -0.321. The predicted molar refractivity (Wildman–Crippen MR) is 73.1 cm³/mol. The Kier molecular flexibility index (Phi) is 3.49. The van der Waals surface area contributed by atoms with Gasteiger partial charge in [-0.2, -0.15) is 0 Å². The molecule has 0 spiro atoms. The molecule has 0 aliphatic carbocycles. The van der Waals surface area contributed by atoms with Crippen molar-refractivity contribution in [1.82, 2.24) is 0 Å². The van der Waals surface area contributed by atoms with E-state index in [-0.39, 0.29) is 6.29 Å². The summed E-state index contributed by atoms with van der Waals surface area (Å²) >= 11 is 0. The Morgan fingerprint density at radius 3 is 2.37 bits per heavy atom. The van der Waals surface area contributed by atoms with E-state index >= 15 is 0 Å². The number of benzene rings is 2. The third-order valence-corrected chi connectivity index (χ3v) is 3.21. The summed E-state index contributed by atoms with van der Waals surface area (Å²) in [6.07, 6.45) is -0.321. The van der Waals surface area contributed by atoms with Crippen LogP contribution in [0.3, 0.4) is 0 Å². The van der Waals surface area contributed by atoms with Crippen LogP contribution in [0, 0.1) is 0 Å². The molecule has 2 aromatic carbocycles. The molecule has 0 amide bonds. The van der Waals surface area contributed by atoms with E-state index in [0.717, 1.165) is 22.4 Å². The highest BCUT2D eigenvalue weighted by atomic mass is 16.7. The molecule has 19 heavy (non-hydrogen) atoms. The van der Waals surface area contributed by atoms with E-state index in [1.54, 1.807) is 7.11 Å². The summed E-state index contributed by atoms with van der Waals surface area (Å²) < 4.78 is 16.7. The Balaban J connectivity index is 2.07. The highest BCUT2D eigenvalue weighted by molar-refractivity contribution is 5.72. The van der Waals surface area contributed by atoms with Gasteiger partial charge in [0, 0.05) is 5.56 Å². The lowest BCUT2D eigenvalue weighted by Gasteiger charge is -2.17. The average Bonchev–Trinajstić information content (AvgIpc) is 3.01. The van der Waals surface area contributed by atoms with Gasteiger partial charge in [-0.25, -0.2) is 0 Å². The minimum Gasteiger partial charge on any atom is -0.496 e. The standard InChI is InChI=1S/C16H16O3/c1-17-15-13(12-6-3-2-4-7-12)8-5-9-14(15)16-18-10-11-19-16/h2-9,16H,10-11H2,1H3. The lowest BCUT2D eigenvalue weighted by atomic mass is 10.0. The second-order valence-electron chi connectivity index (χ2n) is 4.37. The molecule has 0 atom stereocenters. The van der Waals surface area contributed by atoms with E-state index in [4.69, 9.17) is 14.2 Å². The molecule has 98 valence electrons. The van der Waals surface area contributed by atoms with Gasteiger partial charge in [0.1, 0.15) is 5.75 Å². The van der Waals surface area contributed by atoms with Crippen molar-refractivity contribution in [2.45, 2.75) is 6.29 Å². The summed E-state index contributed by atoms with van der Waals surface area (Å²) in [5, 5.41) is 0. The van der Waals surface area contributed by atoms with Crippen LogP contribution >= 0.6 is 0 Å². The van der Waals surface area contributed by atoms with E-state index in [1.165, 1.54) is 0 Å². The normalized spacial score (nSPS) is 15.6. The quantitative estimate of drug-likeness (QED) is 0.842. The lowest BCUT2D eigenvalue weighted by molar-refractivity contribution is -0.0454. The van der Waals surface area contributed by atoms with Crippen molar-refractivity contribution in [1.29, 1.82) is 0 Å². The van der Waals surface area contributed by atoms with Crippen molar-refractivity contribution < 1.29 is 14.2 Å². The molecule has 1 aliphatic heterocycles. The van der Waals surface area contributed by atoms with E-state index in [0.29, 0.717) is 13.2 Å². The third kappa shape index (κ3) is 2.35. The van der Waals surface area contributed by atoms with Crippen molar-refractivity contribution in [3.63, 3.8) is 0 Å². The monoisotopic (exact) mass is 256 g/mol. The van der Waals surface area contributed by atoms with Crippen LogP contribution in [0.25, 0.3) is 11.1 Å². The van der Waals surface area contributed by atoms with Crippen LogP contribution in [-0.4, -0.2) is 20.3 Å². The van der Waals surface area contributed by atoms with E-state index in [9.17, 15) is 0 Å². The van der Waals surface area contributed by atoms with Gasteiger partial charge in [0.05, 0.1) is 25.9 Å². The molecule has 0 bridgehead atoms. The number of hydrogen-bond acceptors (Lipinski definition) is 3. The molecule has 1 fully saturated rings. The molecule has 1 heterocycles. The van der Waals surface area contributed by atoms with Gasteiger partial charge >= 0.3 is 0 Å². The minimum absolute atomic E-state index is 0.321. The molecule has 1 aliphatic rings. The molecular formula is C16H16O3. The maximum Gasteiger partial charge on any atom is 0.187 e. The Bertz CT molecular complexity index is 545. The highest BCUT2D eigenvalue weighted by Gasteiger charge is 2.23. The molecule has 3 nitrogen and oxygen atoms in total. The smallest absolute Gasteiger partial charge is 0.187 e. The maximum absolute atomic E-state index is 5.58. The van der Waals surface area contributed by atoms with Crippen molar-refractivity contribution in [3.05, 3.63) is 54.1 Å². The fourth-order valence-electron chi connectivity index (χ4n) is 2.35. The largest absolute Gasteiger partial charge is 0.496 e. The fraction of sp³-hybridized carbons (Fsp3) is 0.250. The third-order valence-electron chi connectivity index (χ3n) is 3.21. The van der Waals surface area contributed by atoms with Crippen molar-refractivity contribution in [3.8, 4) is 16.9 Å². The van der Waals surface area contributed by atoms with Gasteiger partial charge in [-0.3, -0.25) is 0 Å². The van der Waals surface area contributed by atoms with Gasteiger partial charge in [-0.15, -0.1) is 0 Å². The molecule has 0 radical (unpaired) electrons. The Morgan fingerprint density at radius 2 is 1.68 bits per heavy atom. The summed E-state index contributed by atoms with van der Waals surface area (Å²) in [6.45, 7) is 1.26. The molecule has 3 rings (SSSR count). The number of rotatable bonds is 3. The zero-order valence-electron chi connectivity index (χ0n) is 10.8. The number of hydrogen-bond donors (Lipinski definition) is 0. The van der Waals surface area contributed by atoms with Crippen molar-refractivity contribution >= 4 is 0 Å². The summed E-state index contributed by atoms with van der Waals surface area (Å²) in [7, 11) is 1.68. The Morgan fingerprint density at radius 1 is 0.947 bits per heavy atom. The van der Waals surface area contributed by atoms with Gasteiger partial charge in [0.2, 0.25) is 0 Å². The Labute approximate surface area is 112 Å². The summed E-state index contributed by atoms with van der Waals surface area (Å²) in [4.78, 5) is 0. The Hall–Kier alpha value is -1.84. The van der Waals surface area contributed by atoms with Crippen LogP contribution in [-0.2, 0) is 9.47 Å². The van der Waals surface area contributed by atoms with Gasteiger partial charge < -0.3 is 14.2 Å². The first-order valence-corrected chi connectivity index (χ1v) is 6.35. The SMILES string of the molecule is COc1c(-c2ccccc2)cccc1C1OCCO1. The molecule has 0 aromatic heterocycles. The van der Waals surface area contributed by atoms with E-state index < -0.39 is 0 Å². The van der Waals surface area contributed by atoms with Crippen LogP contribution < -0.4 is 4.74 Å². The number of methoxy groups -OCH3 is 1. The zero-order valence-corrected chi connectivity index (χ0v) is 10.8. The first-order chi connectivity index (χ1) is 9.40. The van der Waals surface area contributed by atoms with Crippen molar-refractivity contribution in [2.75, 3.05) is 20.3 Å². The lowest BCUT2D eigenvalue weighted by Crippen LogP contribution is -2.02. The highest BCUT2D eigenvalue weighted by Crippen LogP contribution is 2.38. The van der Waals surface area contributed by atoms with Gasteiger partial charge in [0.25, 0.3) is 0 Å². The second kappa shape index (κ2) is 5.43. The first kappa shape index (κ1) is 12.2. The predicted octanol–water partition coefficient (Wildman–Crippen LogP) is 3.41. The molecule has 0 unspecified atom stereocenters. The van der Waals surface area contributed by atoms with Crippen LogP contribution in [0.15, 0.2) is 48.5 Å². The fourth-order valence-corrected chi connectivity index (χ4v) is 2.35. The van der Waals surface area contributed by atoms with Crippen LogP contribution in [0.2, 0.25) is 0 Å². The maximum atomic E-state index is 5.58. The molecule has 3 heteroatoms. The summed E-state index contributed by atoms with van der Waals surface area (Å²) in [5.41, 5.74) is 3.13. The second-order valence-corrected chi connectivity index (χ2v) is 4.37. The summed E-state index contributed by atoms with van der Waals surface area (Å²) in [6, 6.07) is 16.2. The summed E-state index contributed by atoms with van der Waals surface area (Å²) in [5.74, 6) is 0.820. The van der Waals surface area contributed by atoms with Gasteiger partial charge in [-0.05, 0) is 5.56 Å². The molecule has 1 saturated heterocycles. The molecule has 0 saturated carbocycles. The average molecular weight is 256 g/mol. The molecule has 0 N–H and O–H groups in total. The first-order valence-electron chi connectivity index (χ1n) is 6.35.